The van der Waals surface area contributed by atoms with E-state index in [1.165, 1.54) is 4.90 Å². The number of hydrogen-bond acceptors (Lipinski definition) is 5. The van der Waals surface area contributed by atoms with Gasteiger partial charge in [0.1, 0.15) is 17.5 Å². The number of rotatable bonds is 8. The van der Waals surface area contributed by atoms with Crippen LogP contribution < -0.4 is 20.5 Å². The molecule has 4 aromatic rings. The predicted molar refractivity (Wildman–Crippen MR) is 165 cm³/mol. The maximum atomic E-state index is 14.6. The molecule has 4 aromatic carbocycles. The smallest absolute Gasteiger partial charge is 0.323 e. The van der Waals surface area contributed by atoms with Crippen molar-refractivity contribution in [2.24, 2.45) is 11.7 Å². The summed E-state index contributed by atoms with van der Waals surface area (Å²) in [5, 5.41) is 2.94. The number of urea groups is 1. The lowest BCUT2D eigenvalue weighted by Gasteiger charge is -2.31. The summed E-state index contributed by atoms with van der Waals surface area (Å²) in [6.45, 7) is 3.92. The number of nitrogens with one attached hydrogen (secondary N) is 1. The van der Waals surface area contributed by atoms with E-state index in [4.69, 9.17) is 15.2 Å². The number of methoxy groups -OCH3 is 2. The van der Waals surface area contributed by atoms with Gasteiger partial charge in [0.2, 0.25) is 5.91 Å². The fourth-order valence-electron chi connectivity index (χ4n) is 5.91. The van der Waals surface area contributed by atoms with E-state index < -0.39 is 35.9 Å². The molecule has 1 heterocycles. The van der Waals surface area contributed by atoms with E-state index >= 15 is 0 Å². The van der Waals surface area contributed by atoms with Gasteiger partial charge in [-0.25, -0.2) is 4.79 Å². The Morgan fingerprint density at radius 1 is 0.698 bits per heavy atom. The molecule has 3 amide bonds. The highest BCUT2D eigenvalue weighted by Gasteiger charge is 2.57. The van der Waals surface area contributed by atoms with Crippen LogP contribution in [0.5, 0.6) is 11.5 Å². The van der Waals surface area contributed by atoms with Gasteiger partial charge in [0.05, 0.1) is 26.2 Å². The highest BCUT2D eigenvalue weighted by Crippen LogP contribution is 2.51. The quantitative estimate of drug-likeness (QED) is 0.248. The molecule has 8 nitrogen and oxygen atoms in total. The van der Waals surface area contributed by atoms with E-state index in [0.717, 1.165) is 16.7 Å². The minimum Gasteiger partial charge on any atom is -0.497 e. The Labute approximate surface area is 251 Å². The van der Waals surface area contributed by atoms with Crippen molar-refractivity contribution in [3.8, 4) is 11.5 Å². The zero-order valence-corrected chi connectivity index (χ0v) is 24.6. The number of ether oxygens (including phenoxy) is 2. The Kier molecular flexibility index (Phi) is 8.48. The van der Waals surface area contributed by atoms with Gasteiger partial charge in [-0.1, -0.05) is 59.7 Å². The summed E-state index contributed by atoms with van der Waals surface area (Å²) in [5.41, 5.74) is 10.6. The first kappa shape index (κ1) is 29.4. The second-order valence-electron chi connectivity index (χ2n) is 10.8. The third kappa shape index (κ3) is 5.95. The van der Waals surface area contributed by atoms with Crippen LogP contribution in [0.1, 0.15) is 44.6 Å². The molecule has 0 aromatic heterocycles. The number of Topliss-reactive ketones (excluding diaryl/α,β-unsaturated/α-hetero) is 1. The van der Waals surface area contributed by atoms with Crippen molar-refractivity contribution in [3.63, 3.8) is 0 Å². The van der Waals surface area contributed by atoms with Crippen molar-refractivity contribution < 1.29 is 23.9 Å². The van der Waals surface area contributed by atoms with Gasteiger partial charge in [0, 0.05) is 17.2 Å². The van der Waals surface area contributed by atoms with Crippen LogP contribution in [0.15, 0.2) is 97.1 Å². The van der Waals surface area contributed by atoms with Crippen LogP contribution >= 0.6 is 0 Å². The van der Waals surface area contributed by atoms with Gasteiger partial charge in [-0.2, -0.15) is 0 Å². The Bertz CT molecular complexity index is 1600. The Morgan fingerprint density at radius 3 is 1.70 bits per heavy atom. The molecule has 0 saturated carbocycles. The van der Waals surface area contributed by atoms with E-state index in [2.05, 4.69) is 5.32 Å². The number of hydrogen-bond donors (Lipinski definition) is 2. The molecule has 4 unspecified atom stereocenters. The molecule has 8 heteroatoms. The van der Waals surface area contributed by atoms with Gasteiger partial charge < -0.3 is 25.4 Å². The topological polar surface area (TPSA) is 111 Å². The maximum absolute atomic E-state index is 14.6. The molecule has 1 saturated heterocycles. The second kappa shape index (κ2) is 12.4. The predicted octanol–water partition coefficient (Wildman–Crippen LogP) is 6.05. The summed E-state index contributed by atoms with van der Waals surface area (Å²) >= 11 is 0. The molecule has 1 aliphatic heterocycles. The number of ketones is 1. The van der Waals surface area contributed by atoms with E-state index in [1.807, 2.05) is 62.4 Å². The summed E-state index contributed by atoms with van der Waals surface area (Å²) in [7, 11) is 3.13. The van der Waals surface area contributed by atoms with Gasteiger partial charge in [-0.15, -0.1) is 0 Å². The fourth-order valence-corrected chi connectivity index (χ4v) is 5.91. The summed E-state index contributed by atoms with van der Waals surface area (Å²) in [6, 6.07) is 26.6. The lowest BCUT2D eigenvalue weighted by Crippen LogP contribution is -2.48. The zero-order chi connectivity index (χ0) is 30.7. The lowest BCUT2D eigenvalue weighted by atomic mass is 9.76. The summed E-state index contributed by atoms with van der Waals surface area (Å²) in [4.78, 5) is 43.6. The molecule has 220 valence electrons. The molecular weight excluding hydrogens is 542 g/mol. The lowest BCUT2D eigenvalue weighted by molar-refractivity contribution is -0.122. The molecule has 1 fully saturated rings. The Balaban J connectivity index is 1.70. The van der Waals surface area contributed by atoms with Gasteiger partial charge >= 0.3 is 6.03 Å². The average molecular weight is 578 g/mol. The van der Waals surface area contributed by atoms with Gasteiger partial charge in [0.15, 0.2) is 5.78 Å². The molecule has 43 heavy (non-hydrogen) atoms. The van der Waals surface area contributed by atoms with Crippen molar-refractivity contribution in [1.82, 2.24) is 4.90 Å². The van der Waals surface area contributed by atoms with Crippen LogP contribution in [0.3, 0.4) is 0 Å². The number of carbonyl (C=O) groups excluding carboxylic acids is 3. The third-order valence-electron chi connectivity index (χ3n) is 8.09. The highest BCUT2D eigenvalue weighted by atomic mass is 16.5. The van der Waals surface area contributed by atoms with Crippen molar-refractivity contribution >= 4 is 23.4 Å². The van der Waals surface area contributed by atoms with Crippen LogP contribution in [-0.2, 0) is 4.79 Å². The number of carbonyl (C=O) groups is 3. The molecule has 4 atom stereocenters. The van der Waals surface area contributed by atoms with Crippen LogP contribution in [-0.4, -0.2) is 42.9 Å². The SMILES string of the molecule is COc1ccc(C(=O)C2C(c3ccc(OC)cc3)C(C(N)=O)N(C(=O)Nc3ccc(C)cc3)C2c2ccc(C)cc2)cc1. The number of aryl methyl sites for hydroxylation is 2. The van der Waals surface area contributed by atoms with Crippen molar-refractivity contribution in [1.29, 1.82) is 0 Å². The normalized spacial score (nSPS) is 19.5. The minimum atomic E-state index is -1.13. The number of nitrogens with zero attached hydrogens (tertiary/aromatic N) is 1. The number of likely N-dealkylation sites (tertiary alicyclic amines) is 1. The van der Waals surface area contributed by atoms with Crippen LogP contribution in [0.4, 0.5) is 10.5 Å². The van der Waals surface area contributed by atoms with Gasteiger partial charge in [0.25, 0.3) is 0 Å². The maximum Gasteiger partial charge on any atom is 0.323 e. The van der Waals surface area contributed by atoms with Crippen molar-refractivity contribution in [2.45, 2.75) is 31.8 Å². The average Bonchev–Trinajstić information content (AvgIpc) is 3.39. The van der Waals surface area contributed by atoms with Gasteiger partial charge in [-0.05, 0) is 73.5 Å². The number of primary amides is 1. The standard InChI is InChI=1S/C35H35N3O5/c1-21-5-9-24(10-6-21)31-30(33(39)25-13-19-28(43-4)20-14-25)29(23-11-17-27(42-3)18-12-23)32(34(36)40)38(31)35(41)37-26-15-7-22(2)8-16-26/h5-20,29-32H,1-4H3,(H2,36,40)(H,37,41). The van der Waals surface area contributed by atoms with E-state index in [0.29, 0.717) is 28.3 Å². The molecule has 1 aliphatic rings. The summed E-state index contributed by atoms with van der Waals surface area (Å²) in [5.74, 6) is -1.27. The summed E-state index contributed by atoms with van der Waals surface area (Å²) in [6.07, 6.45) is 0. The summed E-state index contributed by atoms with van der Waals surface area (Å²) < 4.78 is 10.7. The first-order chi connectivity index (χ1) is 20.7. The second-order valence-corrected chi connectivity index (χ2v) is 10.8. The largest absolute Gasteiger partial charge is 0.497 e. The third-order valence-corrected chi connectivity index (χ3v) is 8.09. The molecule has 0 bridgehead atoms. The zero-order valence-electron chi connectivity index (χ0n) is 24.6. The molecule has 0 radical (unpaired) electrons. The Morgan fingerprint density at radius 2 is 1.19 bits per heavy atom. The highest BCUT2D eigenvalue weighted by molar-refractivity contribution is 6.03. The molecular formula is C35H35N3O5. The van der Waals surface area contributed by atoms with Crippen molar-refractivity contribution in [3.05, 3.63) is 125 Å². The van der Waals surface area contributed by atoms with E-state index in [9.17, 15) is 14.4 Å². The first-order valence-electron chi connectivity index (χ1n) is 14.1. The first-order valence-corrected chi connectivity index (χ1v) is 14.1. The number of anilines is 1. The van der Waals surface area contributed by atoms with Crippen molar-refractivity contribution in [2.75, 3.05) is 19.5 Å². The monoisotopic (exact) mass is 577 g/mol. The Hall–Kier alpha value is -5.11. The minimum absolute atomic E-state index is 0.217. The van der Waals surface area contributed by atoms with E-state index in [-0.39, 0.29) is 5.78 Å². The molecule has 0 spiro atoms. The van der Waals surface area contributed by atoms with Crippen LogP contribution in [0.2, 0.25) is 0 Å². The van der Waals surface area contributed by atoms with Gasteiger partial charge in [-0.3, -0.25) is 9.59 Å². The molecule has 0 aliphatic carbocycles. The number of amides is 3. The van der Waals surface area contributed by atoms with Crippen LogP contribution in [0, 0.1) is 19.8 Å². The fraction of sp³-hybridized carbons (Fsp3) is 0.229. The number of benzene rings is 4. The molecule has 3 N–H and O–H groups in total. The number of nitrogens with two attached hydrogens (primary N) is 1. The van der Waals surface area contributed by atoms with Crippen LogP contribution in [0.25, 0.3) is 0 Å². The molecule has 5 rings (SSSR count). The van der Waals surface area contributed by atoms with E-state index in [1.54, 1.807) is 62.8 Å².